The molecule has 1 atom stereocenters. The summed E-state index contributed by atoms with van der Waals surface area (Å²) >= 11 is 0. The minimum Gasteiger partial charge on any atom is -0.329 e. The monoisotopic (exact) mass is 272 g/mol. The molecule has 0 aromatic heterocycles. The summed E-state index contributed by atoms with van der Waals surface area (Å²) in [5.74, 6) is 0. The second kappa shape index (κ2) is 5.51. The smallest absolute Gasteiger partial charge is 0.329 e. The summed E-state index contributed by atoms with van der Waals surface area (Å²) in [7, 11) is 2.00. The molecule has 1 saturated carbocycles. The number of nitrogens with two attached hydrogens (primary N) is 1. The number of rotatable bonds is 4. The van der Waals surface area contributed by atoms with Crippen LogP contribution in [-0.4, -0.2) is 24.5 Å². The number of halogens is 3. The molecule has 1 aliphatic carbocycles. The fraction of sp³-hybridized carbons (Fsp3) is 0.571. The van der Waals surface area contributed by atoms with Crippen LogP contribution in [0, 0.1) is 0 Å². The summed E-state index contributed by atoms with van der Waals surface area (Å²) < 4.78 is 37.6. The molecule has 19 heavy (non-hydrogen) atoms. The van der Waals surface area contributed by atoms with Crippen molar-refractivity contribution in [1.29, 1.82) is 0 Å². The van der Waals surface area contributed by atoms with Gasteiger partial charge in [0, 0.05) is 18.6 Å². The summed E-state index contributed by atoms with van der Waals surface area (Å²) in [4.78, 5) is 2.19. The molecule has 106 valence electrons. The highest BCUT2D eigenvalue weighted by Gasteiger charge is 2.31. The van der Waals surface area contributed by atoms with Crippen molar-refractivity contribution in [2.45, 2.75) is 37.5 Å². The zero-order valence-electron chi connectivity index (χ0n) is 11.0. The third kappa shape index (κ3) is 3.09. The van der Waals surface area contributed by atoms with Crippen LogP contribution in [0.25, 0.3) is 0 Å². The van der Waals surface area contributed by atoms with Crippen molar-refractivity contribution in [3.8, 4) is 0 Å². The minimum absolute atomic E-state index is 0.00687. The van der Waals surface area contributed by atoms with Gasteiger partial charge in [-0.05, 0) is 37.6 Å². The molecule has 1 fully saturated rings. The molecule has 0 aliphatic heterocycles. The van der Waals surface area contributed by atoms with Gasteiger partial charge >= 0.3 is 6.18 Å². The Morgan fingerprint density at radius 1 is 1.26 bits per heavy atom. The molecule has 0 saturated heterocycles. The number of likely N-dealkylation sites (N-methyl/N-ethyl adjacent to an activating group) is 1. The highest BCUT2D eigenvalue weighted by molar-refractivity contribution is 5.27. The van der Waals surface area contributed by atoms with Gasteiger partial charge < -0.3 is 5.73 Å². The van der Waals surface area contributed by atoms with Crippen LogP contribution < -0.4 is 5.73 Å². The van der Waals surface area contributed by atoms with Crippen LogP contribution in [0.3, 0.4) is 0 Å². The maximum atomic E-state index is 12.5. The lowest BCUT2D eigenvalue weighted by molar-refractivity contribution is -0.137. The van der Waals surface area contributed by atoms with E-state index in [-0.39, 0.29) is 6.04 Å². The van der Waals surface area contributed by atoms with E-state index < -0.39 is 11.7 Å². The molecule has 2 nitrogen and oxygen atoms in total. The predicted molar refractivity (Wildman–Crippen MR) is 68.6 cm³/mol. The largest absolute Gasteiger partial charge is 0.416 e. The van der Waals surface area contributed by atoms with Crippen molar-refractivity contribution in [3.63, 3.8) is 0 Å². The number of benzene rings is 1. The van der Waals surface area contributed by atoms with Crippen LogP contribution in [0.4, 0.5) is 13.2 Å². The van der Waals surface area contributed by atoms with Gasteiger partial charge in [-0.2, -0.15) is 13.2 Å². The lowest BCUT2D eigenvalue weighted by atomic mass is 9.89. The molecule has 0 amide bonds. The van der Waals surface area contributed by atoms with Crippen molar-refractivity contribution in [1.82, 2.24) is 4.90 Å². The van der Waals surface area contributed by atoms with Gasteiger partial charge in [-0.15, -0.1) is 0 Å². The van der Waals surface area contributed by atoms with Crippen LogP contribution in [0.5, 0.6) is 0 Å². The third-order valence-electron chi connectivity index (χ3n) is 3.99. The van der Waals surface area contributed by atoms with Crippen LogP contribution >= 0.6 is 0 Å². The van der Waals surface area contributed by atoms with Gasteiger partial charge in [0.1, 0.15) is 0 Å². The Kier molecular flexibility index (Phi) is 4.16. The van der Waals surface area contributed by atoms with Gasteiger partial charge in [0.25, 0.3) is 0 Å². The lowest BCUT2D eigenvalue weighted by Crippen LogP contribution is -2.42. The summed E-state index contributed by atoms with van der Waals surface area (Å²) in [6, 6.07) is 5.84. The van der Waals surface area contributed by atoms with Crippen molar-refractivity contribution < 1.29 is 13.2 Å². The molecular weight excluding hydrogens is 253 g/mol. The highest BCUT2D eigenvalue weighted by atomic mass is 19.4. The maximum Gasteiger partial charge on any atom is 0.416 e. The maximum absolute atomic E-state index is 12.5. The molecule has 5 heteroatoms. The van der Waals surface area contributed by atoms with Crippen molar-refractivity contribution >= 4 is 0 Å². The number of hydrogen-bond acceptors (Lipinski definition) is 2. The first-order chi connectivity index (χ1) is 8.93. The standard InChI is InChI=1S/C14H19F3N2/c1-19(12-3-2-4-12)13(9-18)10-5-7-11(8-6-10)14(15,16)17/h5-8,12-13H,2-4,9,18H2,1H3. The normalized spacial score (nSPS) is 18.4. The van der Waals surface area contributed by atoms with Crippen LogP contribution in [0.15, 0.2) is 24.3 Å². The van der Waals surface area contributed by atoms with E-state index in [4.69, 9.17) is 5.73 Å². The molecule has 1 aliphatic rings. The first-order valence-electron chi connectivity index (χ1n) is 6.52. The van der Waals surface area contributed by atoms with E-state index in [1.807, 2.05) is 7.05 Å². The number of nitrogens with zero attached hydrogens (tertiary/aromatic N) is 1. The Morgan fingerprint density at radius 2 is 1.84 bits per heavy atom. The van der Waals surface area contributed by atoms with Crippen molar-refractivity contribution in [3.05, 3.63) is 35.4 Å². The molecule has 1 aromatic rings. The Morgan fingerprint density at radius 3 is 2.21 bits per heavy atom. The van der Waals surface area contributed by atoms with E-state index in [2.05, 4.69) is 4.90 Å². The molecule has 0 spiro atoms. The van der Waals surface area contributed by atoms with Crippen LogP contribution in [-0.2, 0) is 6.18 Å². The fourth-order valence-corrected chi connectivity index (χ4v) is 2.48. The van der Waals surface area contributed by atoms with E-state index in [9.17, 15) is 13.2 Å². The summed E-state index contributed by atoms with van der Waals surface area (Å²) in [6.45, 7) is 0.415. The van der Waals surface area contributed by atoms with E-state index in [0.29, 0.717) is 12.6 Å². The first-order valence-corrected chi connectivity index (χ1v) is 6.52. The zero-order valence-corrected chi connectivity index (χ0v) is 11.0. The second-order valence-electron chi connectivity index (χ2n) is 5.12. The third-order valence-corrected chi connectivity index (χ3v) is 3.99. The zero-order chi connectivity index (χ0) is 14.0. The number of alkyl halides is 3. The first kappa shape index (κ1) is 14.3. The molecule has 2 rings (SSSR count). The molecule has 1 unspecified atom stereocenters. The van der Waals surface area contributed by atoms with E-state index >= 15 is 0 Å². The van der Waals surface area contributed by atoms with Crippen molar-refractivity contribution in [2.75, 3.05) is 13.6 Å². The topological polar surface area (TPSA) is 29.3 Å². The molecule has 1 aromatic carbocycles. The molecule has 2 N–H and O–H groups in total. The Bertz CT molecular complexity index is 410. The molecule has 0 bridgehead atoms. The van der Waals surface area contributed by atoms with Gasteiger partial charge in [0.05, 0.1) is 5.56 Å². The lowest BCUT2D eigenvalue weighted by Gasteiger charge is -2.39. The van der Waals surface area contributed by atoms with Gasteiger partial charge in [-0.3, -0.25) is 4.90 Å². The van der Waals surface area contributed by atoms with Crippen LogP contribution in [0.1, 0.15) is 36.4 Å². The fourth-order valence-electron chi connectivity index (χ4n) is 2.48. The average Bonchev–Trinajstić information content (AvgIpc) is 2.27. The summed E-state index contributed by atoms with van der Waals surface area (Å²) in [6.07, 6.45) is -0.767. The molecular formula is C14H19F3N2. The van der Waals surface area contributed by atoms with E-state index in [1.54, 1.807) is 0 Å². The van der Waals surface area contributed by atoms with Gasteiger partial charge in [0.2, 0.25) is 0 Å². The average molecular weight is 272 g/mol. The SMILES string of the molecule is CN(C1CCC1)C(CN)c1ccc(C(F)(F)F)cc1. The van der Waals surface area contributed by atoms with Crippen LogP contribution in [0.2, 0.25) is 0 Å². The highest BCUT2D eigenvalue weighted by Crippen LogP contribution is 2.33. The predicted octanol–water partition coefficient (Wildman–Crippen LogP) is 3.19. The molecule has 0 radical (unpaired) electrons. The van der Waals surface area contributed by atoms with Gasteiger partial charge in [0.15, 0.2) is 0 Å². The van der Waals surface area contributed by atoms with Crippen molar-refractivity contribution in [2.24, 2.45) is 5.73 Å². The van der Waals surface area contributed by atoms with E-state index in [0.717, 1.165) is 30.5 Å². The Balaban J connectivity index is 2.14. The Labute approximate surface area is 111 Å². The Hall–Kier alpha value is -1.07. The second-order valence-corrected chi connectivity index (χ2v) is 5.12. The summed E-state index contributed by atoms with van der Waals surface area (Å²) in [5, 5.41) is 0. The quantitative estimate of drug-likeness (QED) is 0.912. The number of hydrogen-bond donors (Lipinski definition) is 1. The van der Waals surface area contributed by atoms with E-state index in [1.165, 1.54) is 18.6 Å². The van der Waals surface area contributed by atoms with Gasteiger partial charge in [-0.25, -0.2) is 0 Å². The van der Waals surface area contributed by atoms with Gasteiger partial charge in [-0.1, -0.05) is 18.6 Å². The minimum atomic E-state index is -4.28. The molecule has 0 heterocycles. The summed E-state index contributed by atoms with van der Waals surface area (Å²) in [5.41, 5.74) is 6.02.